The van der Waals surface area contributed by atoms with E-state index < -0.39 is 0 Å². The highest BCUT2D eigenvalue weighted by molar-refractivity contribution is 7.18. The number of rotatable bonds is 0. The molecule has 2 rings (SSSR count). The lowest BCUT2D eigenvalue weighted by molar-refractivity contribution is -0.00000234. The third-order valence-electron chi connectivity index (χ3n) is 1.40. The van der Waals surface area contributed by atoms with Gasteiger partial charge in [0.2, 0.25) is 0 Å². The van der Waals surface area contributed by atoms with E-state index in [9.17, 15) is 0 Å². The molecule has 0 spiro atoms. The SMILES string of the molecule is Cc1nc2ccccc2s1.[CH3+].[I-]. The van der Waals surface area contributed by atoms with Crippen molar-refractivity contribution in [3.63, 3.8) is 0 Å². The van der Waals surface area contributed by atoms with Crippen LogP contribution < -0.4 is 24.0 Å². The van der Waals surface area contributed by atoms with Gasteiger partial charge in [0.1, 0.15) is 0 Å². The second-order valence-electron chi connectivity index (χ2n) is 2.20. The van der Waals surface area contributed by atoms with E-state index in [0.717, 1.165) is 10.5 Å². The standard InChI is InChI=1S/C8H7NS.CH3.HI/c1-6-9-7-4-2-3-5-8(7)10-6;;/h2-5H,1H3;1H3;1H/q;+1;/p-1. The van der Waals surface area contributed by atoms with Crippen LogP contribution >= 0.6 is 11.3 Å². The number of aromatic nitrogens is 1. The van der Waals surface area contributed by atoms with Gasteiger partial charge in [-0.15, -0.1) is 11.3 Å². The summed E-state index contributed by atoms with van der Waals surface area (Å²) in [4.78, 5) is 4.33. The Bertz CT molecular complexity index is 323. The van der Waals surface area contributed by atoms with Gasteiger partial charge in [-0.05, 0) is 19.1 Å². The molecule has 0 saturated heterocycles. The van der Waals surface area contributed by atoms with E-state index in [0.29, 0.717) is 0 Å². The lowest BCUT2D eigenvalue weighted by Gasteiger charge is -1.80. The first-order valence-electron chi connectivity index (χ1n) is 3.18. The predicted molar refractivity (Wildman–Crippen MR) is 50.8 cm³/mol. The van der Waals surface area contributed by atoms with Crippen LogP contribution in [0.5, 0.6) is 0 Å². The van der Waals surface area contributed by atoms with Gasteiger partial charge in [-0.2, -0.15) is 0 Å². The lowest BCUT2D eigenvalue weighted by Crippen LogP contribution is -3.00. The first-order valence-corrected chi connectivity index (χ1v) is 4.00. The first kappa shape index (κ1) is 11.7. The molecule has 1 aromatic heterocycles. The van der Waals surface area contributed by atoms with Crippen molar-refractivity contribution in [1.29, 1.82) is 0 Å². The van der Waals surface area contributed by atoms with Gasteiger partial charge >= 0.3 is 0 Å². The molecule has 0 N–H and O–H groups in total. The molecule has 0 fully saturated rings. The van der Waals surface area contributed by atoms with Crippen molar-refractivity contribution in [3.05, 3.63) is 36.7 Å². The van der Waals surface area contributed by atoms with Gasteiger partial charge < -0.3 is 24.0 Å². The van der Waals surface area contributed by atoms with E-state index in [-0.39, 0.29) is 31.4 Å². The molecule has 0 aliphatic carbocycles. The molecule has 0 unspecified atom stereocenters. The summed E-state index contributed by atoms with van der Waals surface area (Å²) in [6.45, 7) is 2.03. The van der Waals surface area contributed by atoms with Crippen molar-refractivity contribution in [3.8, 4) is 0 Å². The Morgan fingerprint density at radius 3 is 2.58 bits per heavy atom. The maximum atomic E-state index is 4.33. The second-order valence-corrected chi connectivity index (χ2v) is 3.44. The Labute approximate surface area is 93.9 Å². The normalized spacial score (nSPS) is 8.75. The van der Waals surface area contributed by atoms with Gasteiger partial charge in [-0.3, -0.25) is 0 Å². The van der Waals surface area contributed by atoms with Crippen molar-refractivity contribution in [2.24, 2.45) is 0 Å². The van der Waals surface area contributed by atoms with Gasteiger partial charge in [0.15, 0.2) is 0 Å². The Balaban J connectivity index is 0.000000605. The molecule has 12 heavy (non-hydrogen) atoms. The Morgan fingerprint density at radius 1 is 1.25 bits per heavy atom. The minimum Gasteiger partial charge on any atom is -1.00 e. The van der Waals surface area contributed by atoms with Crippen LogP contribution in [0.2, 0.25) is 0 Å². The summed E-state index contributed by atoms with van der Waals surface area (Å²) < 4.78 is 1.28. The van der Waals surface area contributed by atoms with E-state index in [1.54, 1.807) is 11.3 Å². The van der Waals surface area contributed by atoms with Gasteiger partial charge in [0, 0.05) is 7.43 Å². The maximum absolute atomic E-state index is 4.33. The number of hydrogen-bond acceptors (Lipinski definition) is 2. The maximum Gasteiger partial charge on any atom is 0.0907 e. The number of hydrogen-bond donors (Lipinski definition) is 0. The summed E-state index contributed by atoms with van der Waals surface area (Å²) in [5, 5.41) is 1.14. The molecule has 3 heteroatoms. The lowest BCUT2D eigenvalue weighted by atomic mass is 10.3. The average molecular weight is 291 g/mol. The fraction of sp³-hybridized carbons (Fsp3) is 0.111. The first-order chi connectivity index (χ1) is 4.86. The van der Waals surface area contributed by atoms with Crippen LogP contribution in [-0.4, -0.2) is 4.98 Å². The third-order valence-corrected chi connectivity index (χ3v) is 2.35. The number of benzene rings is 1. The van der Waals surface area contributed by atoms with Crippen LogP contribution in [0.3, 0.4) is 0 Å². The van der Waals surface area contributed by atoms with E-state index in [2.05, 4.69) is 11.1 Å². The van der Waals surface area contributed by atoms with Crippen LogP contribution in [0.25, 0.3) is 10.2 Å². The Kier molecular flexibility index (Phi) is 4.55. The van der Waals surface area contributed by atoms with Gasteiger partial charge in [0.25, 0.3) is 0 Å². The van der Waals surface area contributed by atoms with E-state index in [1.165, 1.54) is 4.70 Å². The zero-order chi connectivity index (χ0) is 6.97. The summed E-state index contributed by atoms with van der Waals surface area (Å²) in [6.07, 6.45) is 0. The number of aryl methyl sites for hydroxylation is 1. The number of halogens is 1. The quantitative estimate of drug-likeness (QED) is 0.494. The van der Waals surface area contributed by atoms with Gasteiger partial charge in [0.05, 0.1) is 15.2 Å². The average Bonchev–Trinajstić information content (AvgIpc) is 2.27. The van der Waals surface area contributed by atoms with Crippen molar-refractivity contribution in [2.75, 3.05) is 0 Å². The molecular formula is C9H10INS. The third kappa shape index (κ3) is 2.10. The molecule has 1 heterocycles. The molecule has 0 atom stereocenters. The molecule has 0 saturated carbocycles. The smallest absolute Gasteiger partial charge is 0.0907 e. The molecule has 0 aliphatic heterocycles. The molecule has 1 aromatic carbocycles. The summed E-state index contributed by atoms with van der Waals surface area (Å²) in [5.41, 5.74) is 1.12. The number of nitrogens with zero attached hydrogens (tertiary/aromatic N) is 1. The predicted octanol–water partition coefficient (Wildman–Crippen LogP) is 0.0590. The van der Waals surface area contributed by atoms with E-state index in [1.807, 2.05) is 25.1 Å². The van der Waals surface area contributed by atoms with Crippen LogP contribution in [0, 0.1) is 14.4 Å². The minimum atomic E-state index is 0. The summed E-state index contributed by atoms with van der Waals surface area (Å²) in [7, 11) is 0. The zero-order valence-corrected chi connectivity index (χ0v) is 10.0. The van der Waals surface area contributed by atoms with Gasteiger partial charge in [-0.25, -0.2) is 4.98 Å². The number of thiazole rings is 1. The second kappa shape index (κ2) is 4.67. The Morgan fingerprint density at radius 2 is 1.92 bits per heavy atom. The monoisotopic (exact) mass is 291 g/mol. The highest BCUT2D eigenvalue weighted by Crippen LogP contribution is 2.19. The number of para-hydroxylation sites is 1. The van der Waals surface area contributed by atoms with Crippen LogP contribution in [0.15, 0.2) is 24.3 Å². The van der Waals surface area contributed by atoms with E-state index in [4.69, 9.17) is 0 Å². The zero-order valence-electron chi connectivity index (χ0n) is 7.04. The van der Waals surface area contributed by atoms with Crippen molar-refractivity contribution < 1.29 is 24.0 Å². The summed E-state index contributed by atoms with van der Waals surface area (Å²) >= 11 is 1.74. The van der Waals surface area contributed by atoms with Gasteiger partial charge in [-0.1, -0.05) is 12.1 Å². The van der Waals surface area contributed by atoms with Crippen molar-refractivity contribution in [1.82, 2.24) is 4.98 Å². The molecule has 0 bridgehead atoms. The molecular weight excluding hydrogens is 281 g/mol. The highest BCUT2D eigenvalue weighted by atomic mass is 127. The number of fused-ring (bicyclic) bond motifs is 1. The summed E-state index contributed by atoms with van der Waals surface area (Å²) in [5.74, 6) is 0. The van der Waals surface area contributed by atoms with Crippen LogP contribution in [0.1, 0.15) is 5.01 Å². The molecule has 0 radical (unpaired) electrons. The van der Waals surface area contributed by atoms with Crippen molar-refractivity contribution in [2.45, 2.75) is 6.92 Å². The topological polar surface area (TPSA) is 12.9 Å². The largest absolute Gasteiger partial charge is 1.00 e. The van der Waals surface area contributed by atoms with E-state index >= 15 is 0 Å². The molecule has 64 valence electrons. The minimum absolute atomic E-state index is 0. The summed E-state index contributed by atoms with van der Waals surface area (Å²) in [6, 6.07) is 8.19. The Hall–Kier alpha value is -0.290. The molecule has 2 aromatic rings. The fourth-order valence-corrected chi connectivity index (χ4v) is 1.81. The molecule has 0 aliphatic rings. The van der Waals surface area contributed by atoms with Crippen LogP contribution in [0.4, 0.5) is 0 Å². The highest BCUT2D eigenvalue weighted by Gasteiger charge is 1.95. The molecule has 0 amide bonds. The molecule has 1 nitrogen and oxygen atoms in total. The van der Waals surface area contributed by atoms with Crippen molar-refractivity contribution >= 4 is 21.6 Å². The van der Waals surface area contributed by atoms with Crippen LogP contribution in [-0.2, 0) is 0 Å². The fourth-order valence-electron chi connectivity index (χ4n) is 0.987.